The van der Waals surface area contributed by atoms with Gasteiger partial charge in [0.25, 0.3) is 0 Å². The topological polar surface area (TPSA) is 61.6 Å². The van der Waals surface area contributed by atoms with Crippen LogP contribution in [-0.2, 0) is 4.79 Å². The minimum atomic E-state index is 0.175. The normalized spacial score (nSPS) is 24.5. The monoisotopic (exact) mass is 268 g/mol. The molecule has 2 aliphatic rings. The van der Waals surface area contributed by atoms with E-state index in [1.165, 1.54) is 12.8 Å². The molecule has 5 nitrogen and oxygen atoms in total. The van der Waals surface area contributed by atoms with Crippen LogP contribution in [0.2, 0.25) is 0 Å². The number of hydrogen-bond donors (Lipinski definition) is 2. The third-order valence-corrected chi connectivity index (χ3v) is 4.43. The van der Waals surface area contributed by atoms with Crippen molar-refractivity contribution < 1.29 is 4.79 Å². The van der Waals surface area contributed by atoms with Gasteiger partial charge in [0.05, 0.1) is 6.54 Å². The summed E-state index contributed by atoms with van der Waals surface area (Å²) in [7, 11) is 2.16. The second-order valence-electron chi connectivity index (χ2n) is 6.16. The van der Waals surface area contributed by atoms with E-state index in [1.807, 2.05) is 0 Å². The Morgan fingerprint density at radius 3 is 2.42 bits per heavy atom. The number of carbonyl (C=O) groups excluding carboxylic acids is 1. The number of hydrogen-bond acceptors (Lipinski definition) is 4. The summed E-state index contributed by atoms with van der Waals surface area (Å²) in [6.07, 6.45) is 4.44. The van der Waals surface area contributed by atoms with E-state index in [1.54, 1.807) is 0 Å². The highest BCUT2D eigenvalue weighted by Crippen LogP contribution is 2.14. The Balaban J connectivity index is 1.59. The quantitative estimate of drug-likeness (QED) is 0.745. The van der Waals surface area contributed by atoms with Gasteiger partial charge in [0.2, 0.25) is 5.91 Å². The van der Waals surface area contributed by atoms with Crippen LogP contribution in [0.3, 0.4) is 0 Å². The third-order valence-electron chi connectivity index (χ3n) is 4.43. The summed E-state index contributed by atoms with van der Waals surface area (Å²) in [4.78, 5) is 16.5. The van der Waals surface area contributed by atoms with E-state index in [4.69, 9.17) is 5.73 Å². The van der Waals surface area contributed by atoms with Crippen molar-refractivity contribution in [3.8, 4) is 0 Å². The molecule has 2 fully saturated rings. The van der Waals surface area contributed by atoms with E-state index in [0.29, 0.717) is 18.5 Å². The van der Waals surface area contributed by atoms with Crippen molar-refractivity contribution in [3.63, 3.8) is 0 Å². The van der Waals surface area contributed by atoms with Crippen molar-refractivity contribution in [2.75, 3.05) is 46.3 Å². The van der Waals surface area contributed by atoms with E-state index in [0.717, 1.165) is 45.6 Å². The minimum absolute atomic E-state index is 0.175. The molecule has 2 heterocycles. The lowest BCUT2D eigenvalue weighted by molar-refractivity contribution is -0.122. The van der Waals surface area contributed by atoms with Crippen molar-refractivity contribution in [2.45, 2.75) is 31.7 Å². The number of nitrogens with zero attached hydrogens (tertiary/aromatic N) is 2. The van der Waals surface area contributed by atoms with Gasteiger partial charge < -0.3 is 16.0 Å². The Morgan fingerprint density at radius 2 is 1.79 bits per heavy atom. The van der Waals surface area contributed by atoms with Gasteiger partial charge in [0, 0.05) is 25.7 Å². The van der Waals surface area contributed by atoms with Gasteiger partial charge in [-0.1, -0.05) is 0 Å². The molecule has 5 heteroatoms. The molecule has 2 saturated heterocycles. The number of amides is 1. The van der Waals surface area contributed by atoms with Crippen molar-refractivity contribution in [2.24, 2.45) is 11.7 Å². The maximum atomic E-state index is 11.9. The minimum Gasteiger partial charge on any atom is -0.355 e. The van der Waals surface area contributed by atoms with Gasteiger partial charge in [0.1, 0.15) is 0 Å². The van der Waals surface area contributed by atoms with Crippen LogP contribution in [0.15, 0.2) is 0 Å². The molecule has 0 radical (unpaired) electrons. The summed E-state index contributed by atoms with van der Waals surface area (Å²) in [5.74, 6) is 0.837. The molecule has 2 aliphatic heterocycles. The average molecular weight is 268 g/mol. The Hall–Kier alpha value is -0.650. The molecule has 0 aromatic carbocycles. The molecule has 0 aliphatic carbocycles. The molecule has 2 rings (SSSR count). The molecular weight excluding hydrogens is 240 g/mol. The molecule has 0 aromatic heterocycles. The van der Waals surface area contributed by atoms with Crippen LogP contribution in [0.1, 0.15) is 25.7 Å². The fraction of sp³-hybridized carbons (Fsp3) is 0.929. The van der Waals surface area contributed by atoms with Crippen molar-refractivity contribution in [1.29, 1.82) is 0 Å². The Labute approximate surface area is 116 Å². The largest absolute Gasteiger partial charge is 0.355 e. The van der Waals surface area contributed by atoms with Crippen LogP contribution < -0.4 is 11.1 Å². The molecule has 0 unspecified atom stereocenters. The van der Waals surface area contributed by atoms with Gasteiger partial charge in [-0.05, 0) is 51.7 Å². The number of piperidine rings is 2. The van der Waals surface area contributed by atoms with E-state index in [-0.39, 0.29) is 5.91 Å². The molecule has 0 saturated carbocycles. The second kappa shape index (κ2) is 7.22. The first-order chi connectivity index (χ1) is 9.13. The number of rotatable bonds is 4. The lowest BCUT2D eigenvalue weighted by Gasteiger charge is -2.31. The molecule has 0 bridgehead atoms. The van der Waals surface area contributed by atoms with Crippen molar-refractivity contribution >= 4 is 5.91 Å². The molecule has 110 valence electrons. The predicted octanol–water partition coefficient (Wildman–Crippen LogP) is -0.132. The number of likely N-dealkylation sites (tertiary alicyclic amines) is 2. The maximum absolute atomic E-state index is 11.9. The van der Waals surface area contributed by atoms with Gasteiger partial charge in [-0.3, -0.25) is 9.69 Å². The lowest BCUT2D eigenvalue weighted by atomic mass is 9.97. The van der Waals surface area contributed by atoms with Crippen LogP contribution >= 0.6 is 0 Å². The number of nitrogens with two attached hydrogens (primary N) is 1. The maximum Gasteiger partial charge on any atom is 0.234 e. The molecule has 3 N–H and O–H groups in total. The van der Waals surface area contributed by atoms with E-state index in [2.05, 4.69) is 22.2 Å². The van der Waals surface area contributed by atoms with Crippen molar-refractivity contribution in [3.05, 3.63) is 0 Å². The molecular formula is C14H28N4O. The Morgan fingerprint density at radius 1 is 1.16 bits per heavy atom. The van der Waals surface area contributed by atoms with E-state index >= 15 is 0 Å². The van der Waals surface area contributed by atoms with Gasteiger partial charge >= 0.3 is 0 Å². The molecule has 19 heavy (non-hydrogen) atoms. The molecule has 0 spiro atoms. The smallest absolute Gasteiger partial charge is 0.234 e. The first kappa shape index (κ1) is 14.8. The van der Waals surface area contributed by atoms with Crippen LogP contribution in [-0.4, -0.2) is 68.1 Å². The number of nitrogens with one attached hydrogen (secondary N) is 1. The first-order valence-corrected chi connectivity index (χ1v) is 7.56. The summed E-state index contributed by atoms with van der Waals surface area (Å²) in [5.41, 5.74) is 5.86. The SMILES string of the molecule is CN1CCC(CNC(=O)CN2CCC(N)CC2)CC1. The highest BCUT2D eigenvalue weighted by molar-refractivity contribution is 5.78. The summed E-state index contributed by atoms with van der Waals surface area (Å²) in [6.45, 7) is 5.63. The first-order valence-electron chi connectivity index (χ1n) is 7.56. The van der Waals surface area contributed by atoms with Gasteiger partial charge in [-0.15, -0.1) is 0 Å². The third kappa shape index (κ3) is 5.09. The highest BCUT2D eigenvalue weighted by atomic mass is 16.2. The fourth-order valence-electron chi connectivity index (χ4n) is 2.89. The molecule has 1 amide bonds. The second-order valence-corrected chi connectivity index (χ2v) is 6.16. The summed E-state index contributed by atoms with van der Waals surface area (Å²) >= 11 is 0. The lowest BCUT2D eigenvalue weighted by Crippen LogP contribution is -2.45. The summed E-state index contributed by atoms with van der Waals surface area (Å²) in [5, 5.41) is 3.10. The molecule has 0 atom stereocenters. The van der Waals surface area contributed by atoms with E-state index in [9.17, 15) is 4.79 Å². The van der Waals surface area contributed by atoms with Crippen LogP contribution in [0.5, 0.6) is 0 Å². The zero-order chi connectivity index (χ0) is 13.7. The van der Waals surface area contributed by atoms with Gasteiger partial charge in [-0.25, -0.2) is 0 Å². The zero-order valence-corrected chi connectivity index (χ0v) is 12.1. The van der Waals surface area contributed by atoms with Crippen LogP contribution in [0, 0.1) is 5.92 Å². The van der Waals surface area contributed by atoms with Crippen molar-refractivity contribution in [1.82, 2.24) is 15.1 Å². The van der Waals surface area contributed by atoms with Crippen LogP contribution in [0.25, 0.3) is 0 Å². The average Bonchev–Trinajstić information content (AvgIpc) is 2.41. The Bertz CT molecular complexity index is 281. The van der Waals surface area contributed by atoms with E-state index < -0.39 is 0 Å². The number of carbonyl (C=O) groups is 1. The summed E-state index contributed by atoms with van der Waals surface area (Å²) in [6, 6.07) is 0.332. The standard InChI is InChI=1S/C14H28N4O/c1-17-6-2-12(3-7-17)10-16-14(19)11-18-8-4-13(15)5-9-18/h12-13H,2-11,15H2,1H3,(H,16,19). The zero-order valence-electron chi connectivity index (χ0n) is 12.1. The van der Waals surface area contributed by atoms with Gasteiger partial charge in [-0.2, -0.15) is 0 Å². The van der Waals surface area contributed by atoms with Gasteiger partial charge in [0.15, 0.2) is 0 Å². The predicted molar refractivity (Wildman–Crippen MR) is 76.9 cm³/mol. The summed E-state index contributed by atoms with van der Waals surface area (Å²) < 4.78 is 0. The fourth-order valence-corrected chi connectivity index (χ4v) is 2.89. The van der Waals surface area contributed by atoms with Crippen LogP contribution in [0.4, 0.5) is 0 Å². The molecule has 0 aromatic rings. The highest BCUT2D eigenvalue weighted by Gasteiger charge is 2.20. The Kier molecular flexibility index (Phi) is 5.60.